The number of hydrogen-bond donors (Lipinski definition) is 4. The second-order valence-electron chi connectivity index (χ2n) is 9.55. The van der Waals surface area contributed by atoms with E-state index in [1.54, 1.807) is 53.3 Å². The minimum atomic E-state index is -1.11. The van der Waals surface area contributed by atoms with Crippen molar-refractivity contribution in [2.75, 3.05) is 29.6 Å². The molecule has 5 rings (SSSR count). The van der Waals surface area contributed by atoms with Gasteiger partial charge in [0, 0.05) is 29.1 Å². The molecule has 4 N–H and O–H groups in total. The monoisotopic (exact) mass is 640 g/mol. The largest absolute Gasteiger partial charge is 0.489 e. The van der Waals surface area contributed by atoms with Gasteiger partial charge in [-0.1, -0.05) is 45.3 Å². The smallest absolute Gasteiger partial charge is 0.238 e. The molecule has 0 bridgehead atoms. The van der Waals surface area contributed by atoms with Crippen LogP contribution in [0.3, 0.4) is 0 Å². The Morgan fingerprint density at radius 1 is 1.21 bits per heavy atom. The van der Waals surface area contributed by atoms with E-state index in [4.69, 9.17) is 21.1 Å². The summed E-state index contributed by atoms with van der Waals surface area (Å²) in [6.45, 7) is -0.559. The number of hydrogen-bond acceptors (Lipinski definition) is 10. The minimum absolute atomic E-state index is 0.129. The molecule has 1 aromatic heterocycles. The van der Waals surface area contributed by atoms with E-state index in [2.05, 4.69) is 21.7 Å². The Kier molecular flexibility index (Phi) is 10.1. The number of carbonyl (C=O) groups is 1. The molecule has 4 aromatic rings. The molecule has 1 aliphatic rings. The quantitative estimate of drug-likeness (QED) is 0.144. The molecule has 9 nitrogen and oxygen atoms in total. The van der Waals surface area contributed by atoms with E-state index in [1.807, 2.05) is 0 Å². The molecule has 43 heavy (non-hydrogen) atoms. The number of aliphatic hydroxyl groups is 2. The first-order valence-corrected chi connectivity index (χ1v) is 15.9. The van der Waals surface area contributed by atoms with E-state index < -0.39 is 12.7 Å². The molecule has 1 saturated heterocycles. The van der Waals surface area contributed by atoms with Gasteiger partial charge in [-0.05, 0) is 48.4 Å². The maximum absolute atomic E-state index is 13.5. The summed E-state index contributed by atoms with van der Waals surface area (Å²) in [5.41, 5.74) is 2.69. The molecule has 2 heterocycles. The van der Waals surface area contributed by atoms with E-state index >= 15 is 0 Å². The molecule has 0 radical (unpaired) electrons. The van der Waals surface area contributed by atoms with Gasteiger partial charge in [-0.25, -0.2) is 4.39 Å². The summed E-state index contributed by atoms with van der Waals surface area (Å²) in [4.78, 5) is 17.4. The van der Waals surface area contributed by atoms with Crippen LogP contribution in [0, 0.1) is 17.1 Å². The van der Waals surface area contributed by atoms with Crippen molar-refractivity contribution in [2.24, 2.45) is 0 Å². The normalized spacial score (nSPS) is 15.1. The zero-order chi connectivity index (χ0) is 30.3. The van der Waals surface area contributed by atoms with Gasteiger partial charge >= 0.3 is 0 Å². The Morgan fingerprint density at radius 2 is 2.07 bits per heavy atom. The Bertz CT molecular complexity index is 1680. The number of pyridine rings is 1. The number of benzene rings is 3. The van der Waals surface area contributed by atoms with Gasteiger partial charge in [0.15, 0.2) is 0 Å². The van der Waals surface area contributed by atoms with E-state index in [0.717, 1.165) is 12.2 Å². The van der Waals surface area contributed by atoms with Gasteiger partial charge < -0.3 is 30.3 Å². The third-order valence-corrected chi connectivity index (χ3v) is 9.54. The highest BCUT2D eigenvalue weighted by atomic mass is 35.5. The fourth-order valence-electron chi connectivity index (χ4n) is 4.24. The molecule has 1 fully saturated rings. The third-order valence-electron chi connectivity index (χ3n) is 6.41. The molecule has 0 aliphatic carbocycles. The van der Waals surface area contributed by atoms with Crippen molar-refractivity contribution >= 4 is 67.1 Å². The van der Waals surface area contributed by atoms with Crippen molar-refractivity contribution in [3.05, 3.63) is 82.8 Å². The number of nitrogens with zero attached hydrogens (tertiary/aromatic N) is 2. The third kappa shape index (κ3) is 7.62. The average molecular weight is 641 g/mol. The fraction of sp³-hybridized carbons (Fsp3) is 0.233. The molecule has 1 aliphatic heterocycles. The Balaban J connectivity index is 1.45. The molecule has 0 spiro atoms. The summed E-state index contributed by atoms with van der Waals surface area (Å²) < 4.78 is 25.0. The zero-order valence-corrected chi connectivity index (χ0v) is 24.9. The van der Waals surface area contributed by atoms with Crippen LogP contribution in [0.2, 0.25) is 5.02 Å². The first-order valence-electron chi connectivity index (χ1n) is 13.2. The number of nitriles is 1. The van der Waals surface area contributed by atoms with Gasteiger partial charge in [0.05, 0.1) is 39.3 Å². The molecule has 3 aromatic carbocycles. The molecule has 2 atom stereocenters. The van der Waals surface area contributed by atoms with Crippen LogP contribution >= 0.6 is 33.2 Å². The van der Waals surface area contributed by atoms with Crippen molar-refractivity contribution in [3.8, 4) is 17.6 Å². The van der Waals surface area contributed by atoms with Gasteiger partial charge in [-0.2, -0.15) is 5.26 Å². The van der Waals surface area contributed by atoms with Gasteiger partial charge in [0.2, 0.25) is 5.91 Å². The zero-order valence-electron chi connectivity index (χ0n) is 22.5. The first kappa shape index (κ1) is 30.7. The second-order valence-corrected chi connectivity index (χ2v) is 12.6. The lowest BCUT2D eigenvalue weighted by Crippen LogP contribution is -2.25. The number of halogens is 2. The number of carbonyl (C=O) groups excluding carboxylic acids is 1. The van der Waals surface area contributed by atoms with E-state index in [-0.39, 0.29) is 41.5 Å². The lowest BCUT2D eigenvalue weighted by Gasteiger charge is -2.18. The predicted molar refractivity (Wildman–Crippen MR) is 168 cm³/mol. The highest BCUT2D eigenvalue weighted by Crippen LogP contribution is 2.40. The highest BCUT2D eigenvalue weighted by Gasteiger charge is 2.26. The predicted octanol–water partition coefficient (Wildman–Crippen LogP) is 6.05. The van der Waals surface area contributed by atoms with Crippen molar-refractivity contribution in [2.45, 2.75) is 24.4 Å². The topological polar surface area (TPSA) is 137 Å². The van der Waals surface area contributed by atoms with Gasteiger partial charge in [-0.15, -0.1) is 0 Å². The number of rotatable bonds is 11. The van der Waals surface area contributed by atoms with Crippen LogP contribution in [-0.2, 0) is 11.4 Å². The van der Waals surface area contributed by atoms with Crippen LogP contribution < -0.4 is 20.1 Å². The lowest BCUT2D eigenvalue weighted by molar-refractivity contribution is -0.115. The summed E-state index contributed by atoms with van der Waals surface area (Å²) in [7, 11) is 3.13. The first-order chi connectivity index (χ1) is 20.8. The summed E-state index contributed by atoms with van der Waals surface area (Å²) in [6.07, 6.45) is 1.03. The maximum atomic E-state index is 13.5. The van der Waals surface area contributed by atoms with Crippen molar-refractivity contribution in [1.82, 2.24) is 4.98 Å². The van der Waals surface area contributed by atoms with Crippen molar-refractivity contribution in [3.63, 3.8) is 0 Å². The van der Waals surface area contributed by atoms with Crippen LogP contribution in [-0.4, -0.2) is 51.4 Å². The van der Waals surface area contributed by atoms with Gasteiger partial charge in [0.25, 0.3) is 0 Å². The summed E-state index contributed by atoms with van der Waals surface area (Å²) in [6, 6.07) is 16.5. The maximum Gasteiger partial charge on any atom is 0.238 e. The summed E-state index contributed by atoms with van der Waals surface area (Å²) in [5.74, 6) is 0.978. The molecule has 1 amide bonds. The number of amides is 1. The molecule has 222 valence electrons. The highest BCUT2D eigenvalue weighted by molar-refractivity contribution is 8.77. The van der Waals surface area contributed by atoms with Crippen LogP contribution in [0.5, 0.6) is 11.5 Å². The number of ether oxygens (including phenoxy) is 2. The summed E-state index contributed by atoms with van der Waals surface area (Å²) >= 11 is 6.50. The molecule has 13 heteroatoms. The molecular weight excluding hydrogens is 615 g/mol. The number of aromatic nitrogens is 1. The van der Waals surface area contributed by atoms with Crippen LogP contribution in [0.4, 0.5) is 21.5 Å². The van der Waals surface area contributed by atoms with Crippen LogP contribution in [0.15, 0.2) is 60.8 Å². The lowest BCUT2D eigenvalue weighted by atomic mass is 10.1. The molecule has 0 saturated carbocycles. The van der Waals surface area contributed by atoms with Crippen LogP contribution in [0.25, 0.3) is 10.9 Å². The Labute approximate surface area is 259 Å². The van der Waals surface area contributed by atoms with Gasteiger partial charge in [0.1, 0.15) is 42.7 Å². The summed E-state index contributed by atoms with van der Waals surface area (Å²) in [5, 5.41) is 35.7. The number of aliphatic hydroxyl groups excluding tert-OH is 2. The Hall–Kier alpha value is -3.73. The SMILES string of the molecule is N#Cc1cnc2cc(OCC(O)CO)c(NC(=O)C3CCSS3)cc2c1Nc1ccc(OCc2cccc(F)c2)c(Cl)c1. The number of nitrogens with one attached hydrogen (secondary N) is 2. The van der Waals surface area contributed by atoms with Crippen molar-refractivity contribution < 1.29 is 28.9 Å². The fourth-order valence-corrected chi connectivity index (χ4v) is 7.20. The minimum Gasteiger partial charge on any atom is -0.489 e. The average Bonchev–Trinajstić information content (AvgIpc) is 3.55. The van der Waals surface area contributed by atoms with E-state index in [0.29, 0.717) is 44.3 Å². The number of fused-ring (bicyclic) bond motifs is 1. The van der Waals surface area contributed by atoms with Crippen molar-refractivity contribution in [1.29, 1.82) is 5.26 Å². The number of anilines is 3. The Morgan fingerprint density at radius 3 is 2.79 bits per heavy atom. The molecule has 2 unspecified atom stereocenters. The van der Waals surface area contributed by atoms with Crippen LogP contribution in [0.1, 0.15) is 17.5 Å². The molecular formula is C30H26ClFN4O5S2. The second kappa shape index (κ2) is 14.2. The van der Waals surface area contributed by atoms with Gasteiger partial charge in [-0.3, -0.25) is 9.78 Å². The van der Waals surface area contributed by atoms with E-state index in [1.165, 1.54) is 29.1 Å². The van der Waals surface area contributed by atoms with E-state index in [9.17, 15) is 24.7 Å². The standard InChI is InChI=1S/C30H26ClFN4O5S2/c31-23-9-20(4-5-26(23)40-15-17-2-1-3-19(32)8-17)35-29-18(12-33)13-34-24-11-27(41-16-21(38)14-37)25(10-22(24)29)36-30(39)28-6-7-42-43-28/h1-5,8-11,13,21,28,37-38H,6-7,14-16H2,(H,34,35)(H,36,39).